The molecular weight excluding hydrogens is 437 g/mol. The van der Waals surface area contributed by atoms with Crippen molar-refractivity contribution in [3.05, 3.63) is 90.1 Å². The van der Waals surface area contributed by atoms with Crippen LogP contribution in [0.15, 0.2) is 77.4 Å². The molecule has 1 aliphatic carbocycles. The van der Waals surface area contributed by atoms with Gasteiger partial charge < -0.3 is 15.1 Å². The summed E-state index contributed by atoms with van der Waals surface area (Å²) in [4.78, 5) is 40.6. The lowest BCUT2D eigenvalue weighted by molar-refractivity contribution is -0.126. The van der Waals surface area contributed by atoms with Gasteiger partial charge in [0.05, 0.1) is 12.8 Å². The number of benzene rings is 2. The fourth-order valence-electron chi connectivity index (χ4n) is 4.18. The van der Waals surface area contributed by atoms with Gasteiger partial charge in [-0.3, -0.25) is 19.3 Å². The summed E-state index contributed by atoms with van der Waals surface area (Å²) < 4.78 is 18.7. The van der Waals surface area contributed by atoms with Crippen LogP contribution in [-0.4, -0.2) is 30.3 Å². The van der Waals surface area contributed by atoms with Gasteiger partial charge in [0.25, 0.3) is 5.91 Å². The topological polar surface area (TPSA) is 91.7 Å². The maximum atomic E-state index is 13.7. The second kappa shape index (κ2) is 10.8. The smallest absolute Gasteiger partial charge is 0.287 e. The van der Waals surface area contributed by atoms with Crippen molar-refractivity contribution in [2.24, 2.45) is 0 Å². The Balaban J connectivity index is 1.65. The first-order valence-electron chi connectivity index (χ1n) is 11.3. The van der Waals surface area contributed by atoms with E-state index in [-0.39, 0.29) is 24.3 Å². The van der Waals surface area contributed by atoms with E-state index in [0.29, 0.717) is 11.3 Å². The van der Waals surface area contributed by atoms with Crippen LogP contribution in [0, 0.1) is 5.82 Å². The monoisotopic (exact) mass is 463 g/mol. The van der Waals surface area contributed by atoms with E-state index in [1.807, 2.05) is 6.07 Å². The molecule has 0 radical (unpaired) electrons. The third kappa shape index (κ3) is 5.51. The number of amides is 3. The molecular formula is C26H26FN3O4. The molecule has 34 heavy (non-hydrogen) atoms. The Bertz CT molecular complexity index is 1110. The van der Waals surface area contributed by atoms with Crippen LogP contribution in [0.25, 0.3) is 0 Å². The Hall–Kier alpha value is -3.94. The van der Waals surface area contributed by atoms with Crippen LogP contribution in [-0.2, 0) is 9.59 Å². The van der Waals surface area contributed by atoms with Crippen molar-refractivity contribution in [2.75, 3.05) is 11.4 Å². The minimum atomic E-state index is -1.000. The van der Waals surface area contributed by atoms with Crippen LogP contribution in [0.1, 0.15) is 47.8 Å². The van der Waals surface area contributed by atoms with Gasteiger partial charge in [-0.2, -0.15) is 0 Å². The highest BCUT2D eigenvalue weighted by Crippen LogP contribution is 2.29. The Labute approximate surface area is 196 Å². The van der Waals surface area contributed by atoms with E-state index in [1.165, 1.54) is 41.5 Å². The van der Waals surface area contributed by atoms with Gasteiger partial charge in [0.1, 0.15) is 11.9 Å². The predicted octanol–water partition coefficient (Wildman–Crippen LogP) is 3.98. The first-order valence-corrected chi connectivity index (χ1v) is 11.3. The molecule has 1 unspecified atom stereocenters. The van der Waals surface area contributed by atoms with Gasteiger partial charge in [0.15, 0.2) is 5.76 Å². The molecule has 2 aromatic carbocycles. The molecule has 7 nitrogen and oxygen atoms in total. The molecule has 1 atom stereocenters. The van der Waals surface area contributed by atoms with Crippen LogP contribution in [0.4, 0.5) is 10.1 Å². The van der Waals surface area contributed by atoms with E-state index < -0.39 is 23.7 Å². The zero-order chi connectivity index (χ0) is 23.9. The Morgan fingerprint density at radius 3 is 2.32 bits per heavy atom. The van der Waals surface area contributed by atoms with Gasteiger partial charge in [-0.25, -0.2) is 4.39 Å². The second-order valence-corrected chi connectivity index (χ2v) is 8.20. The first-order chi connectivity index (χ1) is 16.5. The van der Waals surface area contributed by atoms with Gasteiger partial charge >= 0.3 is 0 Å². The number of rotatable bonds is 8. The standard InChI is InChI=1S/C26H26FN3O4/c27-19-12-14-21(15-13-19)30(23(31)17-28-25(32)22-11-6-16-34-22)24(18-7-2-1-3-8-18)26(33)29-20-9-4-5-10-20/h1-3,6-8,11-16,20,24H,4-5,9-10,17H2,(H,28,32)(H,29,33). The average Bonchev–Trinajstić information content (AvgIpc) is 3.57. The normalized spacial score (nSPS) is 14.4. The van der Waals surface area contributed by atoms with E-state index in [4.69, 9.17) is 4.42 Å². The molecule has 1 aromatic heterocycles. The average molecular weight is 464 g/mol. The van der Waals surface area contributed by atoms with Gasteiger partial charge in [-0.15, -0.1) is 0 Å². The van der Waals surface area contributed by atoms with Crippen LogP contribution in [0.5, 0.6) is 0 Å². The highest BCUT2D eigenvalue weighted by molar-refractivity contribution is 6.04. The largest absolute Gasteiger partial charge is 0.459 e. The summed E-state index contributed by atoms with van der Waals surface area (Å²) in [6, 6.07) is 16.4. The Morgan fingerprint density at radius 1 is 0.971 bits per heavy atom. The summed E-state index contributed by atoms with van der Waals surface area (Å²) in [5.41, 5.74) is 0.946. The number of halogens is 1. The molecule has 8 heteroatoms. The van der Waals surface area contributed by atoms with Crippen LogP contribution < -0.4 is 15.5 Å². The fourth-order valence-corrected chi connectivity index (χ4v) is 4.18. The number of nitrogens with zero attached hydrogens (tertiary/aromatic N) is 1. The summed E-state index contributed by atoms with van der Waals surface area (Å²) in [5.74, 6) is -1.80. The molecule has 1 fully saturated rings. The molecule has 176 valence electrons. The zero-order valence-corrected chi connectivity index (χ0v) is 18.6. The fraction of sp³-hybridized carbons (Fsp3) is 0.269. The summed E-state index contributed by atoms with van der Waals surface area (Å²) >= 11 is 0. The third-order valence-corrected chi connectivity index (χ3v) is 5.84. The number of hydrogen-bond acceptors (Lipinski definition) is 4. The molecule has 0 bridgehead atoms. The minimum absolute atomic E-state index is 0.0440. The van der Waals surface area contributed by atoms with E-state index in [9.17, 15) is 18.8 Å². The molecule has 0 spiro atoms. The number of nitrogens with one attached hydrogen (secondary N) is 2. The summed E-state index contributed by atoms with van der Waals surface area (Å²) in [6.07, 6.45) is 5.22. The lowest BCUT2D eigenvalue weighted by Gasteiger charge is -2.32. The number of anilines is 1. The highest BCUT2D eigenvalue weighted by Gasteiger charge is 2.34. The van der Waals surface area contributed by atoms with Crippen molar-refractivity contribution < 1.29 is 23.2 Å². The summed E-state index contributed by atoms with van der Waals surface area (Å²) in [6.45, 7) is -0.378. The van der Waals surface area contributed by atoms with Crippen molar-refractivity contribution in [3.63, 3.8) is 0 Å². The van der Waals surface area contributed by atoms with Crippen LogP contribution >= 0.6 is 0 Å². The highest BCUT2D eigenvalue weighted by atomic mass is 19.1. The van der Waals surface area contributed by atoms with Crippen molar-refractivity contribution in [1.82, 2.24) is 10.6 Å². The van der Waals surface area contributed by atoms with Gasteiger partial charge in [-0.1, -0.05) is 43.2 Å². The molecule has 1 aliphatic rings. The van der Waals surface area contributed by atoms with Crippen molar-refractivity contribution >= 4 is 23.4 Å². The lowest BCUT2D eigenvalue weighted by atomic mass is 10.0. The molecule has 1 heterocycles. The van der Waals surface area contributed by atoms with Crippen molar-refractivity contribution in [1.29, 1.82) is 0 Å². The van der Waals surface area contributed by atoms with E-state index in [1.54, 1.807) is 30.3 Å². The van der Waals surface area contributed by atoms with Gasteiger partial charge in [0, 0.05) is 11.7 Å². The first kappa shape index (κ1) is 23.2. The maximum Gasteiger partial charge on any atom is 0.287 e. The number of carbonyl (C=O) groups is 3. The van der Waals surface area contributed by atoms with E-state index in [2.05, 4.69) is 10.6 Å². The second-order valence-electron chi connectivity index (χ2n) is 8.20. The molecule has 3 aromatic rings. The lowest BCUT2D eigenvalue weighted by Crippen LogP contribution is -2.49. The number of carbonyl (C=O) groups excluding carboxylic acids is 3. The molecule has 3 amide bonds. The zero-order valence-electron chi connectivity index (χ0n) is 18.6. The van der Waals surface area contributed by atoms with E-state index in [0.717, 1.165) is 25.7 Å². The summed E-state index contributed by atoms with van der Waals surface area (Å²) in [7, 11) is 0. The Kier molecular flexibility index (Phi) is 7.37. The summed E-state index contributed by atoms with van der Waals surface area (Å²) in [5, 5.41) is 5.61. The predicted molar refractivity (Wildman–Crippen MR) is 125 cm³/mol. The maximum absolute atomic E-state index is 13.7. The van der Waals surface area contributed by atoms with Gasteiger partial charge in [-0.05, 0) is 54.8 Å². The van der Waals surface area contributed by atoms with Gasteiger partial charge in [0.2, 0.25) is 11.8 Å². The number of furan rings is 1. The quantitative estimate of drug-likeness (QED) is 0.529. The Morgan fingerprint density at radius 2 is 1.68 bits per heavy atom. The van der Waals surface area contributed by atoms with Crippen LogP contribution in [0.2, 0.25) is 0 Å². The third-order valence-electron chi connectivity index (χ3n) is 5.84. The van der Waals surface area contributed by atoms with E-state index >= 15 is 0 Å². The number of hydrogen-bond donors (Lipinski definition) is 2. The molecule has 0 saturated heterocycles. The molecule has 1 saturated carbocycles. The minimum Gasteiger partial charge on any atom is -0.459 e. The molecule has 4 rings (SSSR count). The van der Waals surface area contributed by atoms with Crippen molar-refractivity contribution in [2.45, 2.75) is 37.8 Å². The molecule has 2 N–H and O–H groups in total. The van der Waals surface area contributed by atoms with Crippen LogP contribution in [0.3, 0.4) is 0 Å². The SMILES string of the molecule is O=C(NCC(=O)N(c1ccc(F)cc1)C(C(=O)NC1CCCC1)c1ccccc1)c1ccco1. The van der Waals surface area contributed by atoms with Crippen molar-refractivity contribution in [3.8, 4) is 0 Å². The molecule has 0 aliphatic heterocycles.